The van der Waals surface area contributed by atoms with Gasteiger partial charge in [0.25, 0.3) is 0 Å². The van der Waals surface area contributed by atoms with Crippen LogP contribution in [0.4, 0.5) is 0 Å². The van der Waals surface area contributed by atoms with E-state index < -0.39 is 6.04 Å². The molecule has 0 saturated carbocycles. The van der Waals surface area contributed by atoms with Crippen molar-refractivity contribution in [3.63, 3.8) is 0 Å². The first-order chi connectivity index (χ1) is 12.0. The highest BCUT2D eigenvalue weighted by Crippen LogP contribution is 2.21. The molecule has 0 heterocycles. The standard InChI is InChI=1S/C19H21ClN2O3/c1-13(23)22-18(12-25-2)19(24)21-11-14-3-5-15(6-4-14)16-7-9-17(20)10-8-16/h3-10,18H,11-12H2,1-2H3,(H,21,24)(H,22,23)/t18-/m1/s1. The molecule has 0 aliphatic carbocycles. The minimum Gasteiger partial charge on any atom is -0.382 e. The number of methoxy groups -OCH3 is 1. The van der Waals surface area contributed by atoms with E-state index in [4.69, 9.17) is 16.3 Å². The van der Waals surface area contributed by atoms with Crippen molar-refractivity contribution in [3.8, 4) is 11.1 Å². The molecule has 2 amide bonds. The van der Waals surface area contributed by atoms with Crippen molar-refractivity contribution in [2.45, 2.75) is 19.5 Å². The Morgan fingerprint density at radius 3 is 2.12 bits per heavy atom. The molecule has 0 radical (unpaired) electrons. The first-order valence-corrected chi connectivity index (χ1v) is 8.26. The summed E-state index contributed by atoms with van der Waals surface area (Å²) in [6.07, 6.45) is 0. The van der Waals surface area contributed by atoms with E-state index in [0.29, 0.717) is 11.6 Å². The highest BCUT2D eigenvalue weighted by molar-refractivity contribution is 6.30. The normalized spacial score (nSPS) is 11.6. The fraction of sp³-hybridized carbons (Fsp3) is 0.263. The van der Waals surface area contributed by atoms with Gasteiger partial charge < -0.3 is 15.4 Å². The Labute approximate surface area is 152 Å². The molecule has 0 unspecified atom stereocenters. The monoisotopic (exact) mass is 360 g/mol. The van der Waals surface area contributed by atoms with Crippen LogP contribution in [0.3, 0.4) is 0 Å². The SMILES string of the molecule is COC[C@@H](NC(C)=O)C(=O)NCc1ccc(-c2ccc(Cl)cc2)cc1. The second-order valence-corrected chi connectivity index (χ2v) is 6.07. The van der Waals surface area contributed by atoms with Gasteiger partial charge in [-0.3, -0.25) is 9.59 Å². The van der Waals surface area contributed by atoms with Crippen LogP contribution >= 0.6 is 11.6 Å². The van der Waals surface area contributed by atoms with E-state index in [1.165, 1.54) is 14.0 Å². The summed E-state index contributed by atoms with van der Waals surface area (Å²) in [6, 6.07) is 14.8. The molecular formula is C19H21ClN2O3. The summed E-state index contributed by atoms with van der Waals surface area (Å²) in [4.78, 5) is 23.3. The number of hydrogen-bond acceptors (Lipinski definition) is 3. The van der Waals surface area contributed by atoms with Crippen LogP contribution < -0.4 is 10.6 Å². The third-order valence-electron chi connectivity index (χ3n) is 3.63. The maximum absolute atomic E-state index is 12.1. The van der Waals surface area contributed by atoms with E-state index in [-0.39, 0.29) is 18.4 Å². The zero-order valence-corrected chi connectivity index (χ0v) is 15.0. The van der Waals surface area contributed by atoms with Crippen molar-refractivity contribution in [1.82, 2.24) is 10.6 Å². The second-order valence-electron chi connectivity index (χ2n) is 5.63. The topological polar surface area (TPSA) is 67.4 Å². The number of carbonyl (C=O) groups is 2. The van der Waals surface area contributed by atoms with Gasteiger partial charge in [0, 0.05) is 25.6 Å². The van der Waals surface area contributed by atoms with Crippen LogP contribution in [0.2, 0.25) is 5.02 Å². The van der Waals surface area contributed by atoms with Gasteiger partial charge in [-0.05, 0) is 28.8 Å². The van der Waals surface area contributed by atoms with Crippen molar-refractivity contribution in [2.24, 2.45) is 0 Å². The zero-order chi connectivity index (χ0) is 18.2. The van der Waals surface area contributed by atoms with Gasteiger partial charge in [-0.2, -0.15) is 0 Å². The van der Waals surface area contributed by atoms with Crippen LogP contribution in [0.25, 0.3) is 11.1 Å². The molecule has 5 nitrogen and oxygen atoms in total. The number of nitrogens with one attached hydrogen (secondary N) is 2. The molecule has 132 valence electrons. The minimum absolute atomic E-state index is 0.126. The Bertz CT molecular complexity index is 714. The summed E-state index contributed by atoms with van der Waals surface area (Å²) in [7, 11) is 1.48. The van der Waals surface area contributed by atoms with Crippen LogP contribution in [0.1, 0.15) is 12.5 Å². The lowest BCUT2D eigenvalue weighted by molar-refractivity contribution is -0.129. The molecule has 2 aromatic rings. The molecule has 2 rings (SSSR count). The molecule has 0 bridgehead atoms. The van der Waals surface area contributed by atoms with Crippen LogP contribution in [0, 0.1) is 0 Å². The fourth-order valence-electron chi connectivity index (χ4n) is 2.36. The fourth-order valence-corrected chi connectivity index (χ4v) is 2.49. The number of halogens is 1. The summed E-state index contributed by atoms with van der Waals surface area (Å²) in [6.45, 7) is 1.87. The number of amides is 2. The largest absolute Gasteiger partial charge is 0.382 e. The van der Waals surface area contributed by atoms with Gasteiger partial charge >= 0.3 is 0 Å². The highest BCUT2D eigenvalue weighted by atomic mass is 35.5. The van der Waals surface area contributed by atoms with Gasteiger partial charge in [-0.25, -0.2) is 0 Å². The predicted molar refractivity (Wildman–Crippen MR) is 98.2 cm³/mol. The Hall–Kier alpha value is -2.37. The van der Waals surface area contributed by atoms with Gasteiger partial charge in [-0.15, -0.1) is 0 Å². The average molecular weight is 361 g/mol. The van der Waals surface area contributed by atoms with Crippen LogP contribution in [0.15, 0.2) is 48.5 Å². The maximum atomic E-state index is 12.1. The van der Waals surface area contributed by atoms with Gasteiger partial charge in [0.15, 0.2) is 0 Å². The first-order valence-electron chi connectivity index (χ1n) is 7.88. The molecule has 6 heteroatoms. The minimum atomic E-state index is -0.698. The van der Waals surface area contributed by atoms with E-state index in [1.807, 2.05) is 48.5 Å². The Balaban J connectivity index is 1.95. The molecule has 0 aliphatic heterocycles. The summed E-state index contributed by atoms with van der Waals surface area (Å²) >= 11 is 5.90. The third-order valence-corrected chi connectivity index (χ3v) is 3.88. The van der Waals surface area contributed by atoms with Crippen LogP contribution in [-0.2, 0) is 20.9 Å². The van der Waals surface area contributed by atoms with E-state index in [2.05, 4.69) is 10.6 Å². The van der Waals surface area contributed by atoms with Gasteiger partial charge in [0.1, 0.15) is 6.04 Å². The molecule has 2 aromatic carbocycles. The number of benzene rings is 2. The number of carbonyl (C=O) groups excluding carboxylic acids is 2. The van der Waals surface area contributed by atoms with Gasteiger partial charge in [0.2, 0.25) is 11.8 Å². The maximum Gasteiger partial charge on any atom is 0.245 e. The summed E-state index contributed by atoms with van der Waals surface area (Å²) in [5.74, 6) is -0.552. The predicted octanol–water partition coefficient (Wildman–Crippen LogP) is 2.77. The molecule has 1 atom stereocenters. The lowest BCUT2D eigenvalue weighted by Crippen LogP contribution is -2.48. The summed E-state index contributed by atoms with van der Waals surface area (Å²) in [5, 5.41) is 6.07. The summed E-state index contributed by atoms with van der Waals surface area (Å²) < 4.78 is 4.97. The lowest BCUT2D eigenvalue weighted by Gasteiger charge is -2.16. The molecular weight excluding hydrogens is 340 g/mol. The first kappa shape index (κ1) is 19.0. The Kier molecular flexibility index (Phi) is 6.98. The number of ether oxygens (including phenoxy) is 1. The molecule has 0 aliphatic rings. The van der Waals surface area contributed by atoms with Crippen molar-refractivity contribution < 1.29 is 14.3 Å². The van der Waals surface area contributed by atoms with E-state index in [9.17, 15) is 9.59 Å². The second kappa shape index (κ2) is 9.20. The molecule has 0 spiro atoms. The van der Waals surface area contributed by atoms with Crippen molar-refractivity contribution in [1.29, 1.82) is 0 Å². The highest BCUT2D eigenvalue weighted by Gasteiger charge is 2.18. The smallest absolute Gasteiger partial charge is 0.245 e. The van der Waals surface area contributed by atoms with E-state index >= 15 is 0 Å². The molecule has 0 aromatic heterocycles. The zero-order valence-electron chi connectivity index (χ0n) is 14.2. The Morgan fingerprint density at radius 2 is 1.60 bits per heavy atom. The van der Waals surface area contributed by atoms with Crippen molar-refractivity contribution in [3.05, 3.63) is 59.1 Å². The Morgan fingerprint density at radius 1 is 1.04 bits per heavy atom. The van der Waals surface area contributed by atoms with E-state index in [1.54, 1.807) is 0 Å². The van der Waals surface area contributed by atoms with E-state index in [0.717, 1.165) is 16.7 Å². The molecule has 0 fully saturated rings. The number of hydrogen-bond donors (Lipinski definition) is 2. The average Bonchev–Trinajstić information content (AvgIpc) is 2.60. The van der Waals surface area contributed by atoms with Crippen molar-refractivity contribution in [2.75, 3.05) is 13.7 Å². The van der Waals surface area contributed by atoms with Crippen molar-refractivity contribution >= 4 is 23.4 Å². The number of rotatable bonds is 7. The third kappa shape index (κ3) is 5.89. The lowest BCUT2D eigenvalue weighted by atomic mass is 10.0. The molecule has 25 heavy (non-hydrogen) atoms. The quantitative estimate of drug-likeness (QED) is 0.797. The molecule has 2 N–H and O–H groups in total. The van der Waals surface area contributed by atoms with Crippen LogP contribution in [-0.4, -0.2) is 31.6 Å². The van der Waals surface area contributed by atoms with Gasteiger partial charge in [0.05, 0.1) is 6.61 Å². The summed E-state index contributed by atoms with van der Waals surface area (Å²) in [5.41, 5.74) is 3.11. The van der Waals surface area contributed by atoms with Gasteiger partial charge in [-0.1, -0.05) is 48.0 Å². The van der Waals surface area contributed by atoms with Crippen LogP contribution in [0.5, 0.6) is 0 Å². The molecule has 0 saturated heterocycles.